The number of aryl methyl sites for hydroxylation is 1. The number of aromatic nitrogens is 3. The van der Waals surface area contributed by atoms with Crippen LogP contribution in [-0.2, 0) is 0 Å². The maximum Gasteiger partial charge on any atom is 0.273 e. The van der Waals surface area contributed by atoms with Crippen LogP contribution in [0.5, 0.6) is 0 Å². The molecule has 0 saturated heterocycles. The molecule has 7 heteroatoms. The monoisotopic (exact) mass is 273 g/mol. The Kier molecular flexibility index (Phi) is 2.68. The topological polar surface area (TPSA) is 96.7 Å². The highest BCUT2D eigenvalue weighted by Gasteiger charge is 2.10. The number of carbonyl (C=O) groups is 1. The van der Waals surface area contributed by atoms with E-state index in [0.717, 1.165) is 15.2 Å². The van der Waals surface area contributed by atoms with E-state index < -0.39 is 0 Å². The predicted octanol–water partition coefficient (Wildman–Crippen LogP) is 2.16. The van der Waals surface area contributed by atoms with Gasteiger partial charge < -0.3 is 11.1 Å². The van der Waals surface area contributed by atoms with Crippen LogP contribution in [0, 0.1) is 6.92 Å². The van der Waals surface area contributed by atoms with Crippen molar-refractivity contribution in [2.45, 2.75) is 6.92 Å². The Labute approximate surface area is 112 Å². The average molecular weight is 273 g/mol. The van der Waals surface area contributed by atoms with E-state index in [2.05, 4.69) is 20.5 Å². The Balaban J connectivity index is 1.86. The third-order valence-electron chi connectivity index (χ3n) is 2.60. The van der Waals surface area contributed by atoms with E-state index in [1.165, 1.54) is 6.07 Å². The molecule has 0 aliphatic rings. The number of hydrogen-bond donors (Lipinski definition) is 3. The number of amides is 1. The van der Waals surface area contributed by atoms with Gasteiger partial charge in [-0.2, -0.15) is 5.10 Å². The number of thiazole rings is 1. The molecule has 96 valence electrons. The van der Waals surface area contributed by atoms with Gasteiger partial charge in [0.05, 0.1) is 15.2 Å². The van der Waals surface area contributed by atoms with Crippen LogP contribution in [0.25, 0.3) is 10.2 Å². The fourth-order valence-electron chi connectivity index (χ4n) is 1.77. The molecule has 3 rings (SSSR count). The number of nitrogens with zero attached hydrogens (tertiary/aromatic N) is 2. The molecule has 0 aliphatic heterocycles. The lowest BCUT2D eigenvalue weighted by Crippen LogP contribution is -2.12. The largest absolute Gasteiger partial charge is 0.382 e. The molecule has 2 heterocycles. The summed E-state index contributed by atoms with van der Waals surface area (Å²) < 4.78 is 1.04. The summed E-state index contributed by atoms with van der Waals surface area (Å²) in [4.78, 5) is 16.3. The fourth-order valence-corrected chi connectivity index (χ4v) is 2.64. The fraction of sp³-hybridized carbons (Fsp3) is 0.0833. The summed E-state index contributed by atoms with van der Waals surface area (Å²) in [6.07, 6.45) is 0. The highest BCUT2D eigenvalue weighted by molar-refractivity contribution is 7.18. The van der Waals surface area contributed by atoms with E-state index in [4.69, 9.17) is 5.73 Å². The van der Waals surface area contributed by atoms with E-state index in [9.17, 15) is 4.79 Å². The van der Waals surface area contributed by atoms with Crippen molar-refractivity contribution in [3.63, 3.8) is 0 Å². The maximum atomic E-state index is 11.9. The van der Waals surface area contributed by atoms with Crippen LogP contribution >= 0.6 is 11.3 Å². The molecule has 0 atom stereocenters. The van der Waals surface area contributed by atoms with Gasteiger partial charge in [0.15, 0.2) is 0 Å². The van der Waals surface area contributed by atoms with E-state index >= 15 is 0 Å². The van der Waals surface area contributed by atoms with E-state index in [0.29, 0.717) is 17.2 Å². The molecule has 0 bridgehead atoms. The summed E-state index contributed by atoms with van der Waals surface area (Å²) >= 11 is 1.59. The van der Waals surface area contributed by atoms with Gasteiger partial charge in [-0.05, 0) is 25.1 Å². The van der Waals surface area contributed by atoms with Gasteiger partial charge >= 0.3 is 0 Å². The van der Waals surface area contributed by atoms with Gasteiger partial charge in [0.2, 0.25) is 0 Å². The predicted molar refractivity (Wildman–Crippen MR) is 75.3 cm³/mol. The van der Waals surface area contributed by atoms with E-state index in [-0.39, 0.29) is 5.91 Å². The van der Waals surface area contributed by atoms with Crippen LogP contribution in [0.4, 0.5) is 11.5 Å². The Morgan fingerprint density at radius 1 is 1.42 bits per heavy atom. The molecular weight excluding hydrogens is 262 g/mol. The number of benzene rings is 1. The molecule has 1 aromatic carbocycles. The van der Waals surface area contributed by atoms with Crippen molar-refractivity contribution < 1.29 is 4.79 Å². The van der Waals surface area contributed by atoms with Crippen LogP contribution in [0.15, 0.2) is 24.3 Å². The summed E-state index contributed by atoms with van der Waals surface area (Å²) in [6, 6.07) is 7.09. The second-order valence-corrected chi connectivity index (χ2v) is 5.31. The Morgan fingerprint density at radius 2 is 2.26 bits per heavy atom. The molecule has 0 spiro atoms. The number of rotatable bonds is 2. The summed E-state index contributed by atoms with van der Waals surface area (Å²) in [5, 5.41) is 10.1. The summed E-state index contributed by atoms with van der Waals surface area (Å²) in [5.74, 6) is 0.0171. The van der Waals surface area contributed by atoms with Crippen molar-refractivity contribution >= 4 is 39.0 Å². The third-order valence-corrected chi connectivity index (χ3v) is 3.53. The van der Waals surface area contributed by atoms with Crippen LogP contribution in [0.1, 0.15) is 15.5 Å². The molecule has 4 N–H and O–H groups in total. The van der Waals surface area contributed by atoms with Gasteiger partial charge in [-0.1, -0.05) is 0 Å². The molecule has 6 nitrogen and oxygen atoms in total. The van der Waals surface area contributed by atoms with Crippen molar-refractivity contribution in [1.29, 1.82) is 0 Å². The summed E-state index contributed by atoms with van der Waals surface area (Å²) in [6.45, 7) is 1.95. The van der Waals surface area contributed by atoms with Gasteiger partial charge in [-0.15, -0.1) is 11.3 Å². The number of aromatic amines is 1. The minimum atomic E-state index is -0.273. The SMILES string of the molecule is Cc1nc2ccc(NC(=O)c3cc(N)n[nH]3)cc2s1. The highest BCUT2D eigenvalue weighted by Crippen LogP contribution is 2.24. The van der Waals surface area contributed by atoms with E-state index in [1.807, 2.05) is 25.1 Å². The van der Waals surface area contributed by atoms with Crippen molar-refractivity contribution in [3.05, 3.63) is 35.0 Å². The molecule has 0 radical (unpaired) electrons. The molecule has 3 aromatic rings. The molecule has 19 heavy (non-hydrogen) atoms. The third kappa shape index (κ3) is 2.27. The van der Waals surface area contributed by atoms with Crippen molar-refractivity contribution in [3.8, 4) is 0 Å². The van der Waals surface area contributed by atoms with Crippen LogP contribution in [0.3, 0.4) is 0 Å². The molecule has 0 saturated carbocycles. The molecule has 1 amide bonds. The number of hydrogen-bond acceptors (Lipinski definition) is 5. The minimum absolute atomic E-state index is 0.273. The number of nitrogens with two attached hydrogens (primary N) is 1. The van der Waals surface area contributed by atoms with Crippen LogP contribution in [-0.4, -0.2) is 21.1 Å². The van der Waals surface area contributed by atoms with Gasteiger partial charge in [0.25, 0.3) is 5.91 Å². The minimum Gasteiger partial charge on any atom is -0.382 e. The maximum absolute atomic E-state index is 11.9. The first kappa shape index (κ1) is 11.7. The summed E-state index contributed by atoms with van der Waals surface area (Å²) in [7, 11) is 0. The van der Waals surface area contributed by atoms with Crippen molar-refractivity contribution in [2.24, 2.45) is 0 Å². The normalized spacial score (nSPS) is 10.8. The smallest absolute Gasteiger partial charge is 0.273 e. The zero-order chi connectivity index (χ0) is 13.4. The standard InChI is InChI=1S/C12H11N5OS/c1-6-14-8-3-2-7(4-10(8)19-6)15-12(18)9-5-11(13)17-16-9/h2-5H,1H3,(H,15,18)(H3,13,16,17). The Hall–Kier alpha value is -2.41. The van der Waals surface area contributed by atoms with Gasteiger partial charge in [0.1, 0.15) is 11.5 Å². The number of nitrogen functional groups attached to an aromatic ring is 1. The Bertz CT molecular complexity index is 760. The molecule has 0 fully saturated rings. The van der Waals surface area contributed by atoms with Gasteiger partial charge in [-0.25, -0.2) is 4.98 Å². The molecule has 0 aliphatic carbocycles. The van der Waals surface area contributed by atoms with Crippen molar-refractivity contribution in [1.82, 2.24) is 15.2 Å². The molecule has 0 unspecified atom stereocenters. The lowest BCUT2D eigenvalue weighted by atomic mass is 10.3. The average Bonchev–Trinajstić information content (AvgIpc) is 2.93. The second kappa shape index (κ2) is 4.36. The first-order chi connectivity index (χ1) is 9.11. The number of carbonyl (C=O) groups excluding carboxylic acids is 1. The van der Waals surface area contributed by atoms with Crippen molar-refractivity contribution in [2.75, 3.05) is 11.1 Å². The first-order valence-electron chi connectivity index (χ1n) is 5.61. The van der Waals surface area contributed by atoms with Gasteiger partial charge in [0, 0.05) is 11.8 Å². The highest BCUT2D eigenvalue weighted by atomic mass is 32.1. The number of anilines is 2. The lowest BCUT2D eigenvalue weighted by molar-refractivity contribution is 0.102. The van der Waals surface area contributed by atoms with E-state index in [1.54, 1.807) is 11.3 Å². The number of fused-ring (bicyclic) bond motifs is 1. The summed E-state index contributed by atoms with van der Waals surface area (Å²) in [5.41, 5.74) is 7.44. The second-order valence-electron chi connectivity index (χ2n) is 4.08. The lowest BCUT2D eigenvalue weighted by Gasteiger charge is -2.02. The van der Waals surface area contributed by atoms with Crippen LogP contribution in [0.2, 0.25) is 0 Å². The molecular formula is C12H11N5OS. The Morgan fingerprint density at radius 3 is 3.00 bits per heavy atom. The molecule has 2 aromatic heterocycles. The zero-order valence-corrected chi connectivity index (χ0v) is 10.9. The quantitative estimate of drug-likeness (QED) is 0.666. The first-order valence-corrected chi connectivity index (χ1v) is 6.43. The number of nitrogens with one attached hydrogen (secondary N) is 2. The van der Waals surface area contributed by atoms with Crippen LogP contribution < -0.4 is 11.1 Å². The number of H-pyrrole nitrogens is 1. The van der Waals surface area contributed by atoms with Gasteiger partial charge in [-0.3, -0.25) is 9.89 Å². The zero-order valence-electron chi connectivity index (χ0n) is 10.1.